The molecule has 0 aromatic heterocycles. The fourth-order valence-corrected chi connectivity index (χ4v) is 2.13. The van der Waals surface area contributed by atoms with Crippen LogP contribution in [0.3, 0.4) is 0 Å². The Kier molecular flexibility index (Phi) is 4.49. The molecule has 0 aliphatic rings. The normalized spacial score (nSPS) is 10.6. The smallest absolute Gasteiger partial charge is 0.146 e. The fourth-order valence-electron chi connectivity index (χ4n) is 2.13. The predicted octanol–water partition coefficient (Wildman–Crippen LogP) is 4.91. The summed E-state index contributed by atoms with van der Waals surface area (Å²) in [5.41, 5.74) is 1.96. The zero-order valence-electron chi connectivity index (χ0n) is 13.1. The Hall–Kier alpha value is -2.78. The van der Waals surface area contributed by atoms with Crippen molar-refractivity contribution in [2.24, 2.45) is 0 Å². The number of hydrogen-bond donors (Lipinski definition) is 0. The van der Waals surface area contributed by atoms with Crippen LogP contribution in [0.5, 0.6) is 11.5 Å². The van der Waals surface area contributed by atoms with E-state index in [9.17, 15) is 5.26 Å². The molecule has 110 valence electrons. The number of ether oxygens (including phenoxy) is 1. The van der Waals surface area contributed by atoms with Crippen LogP contribution >= 0.6 is 0 Å². The molecule has 0 N–H and O–H groups in total. The summed E-state index contributed by atoms with van der Waals surface area (Å²) in [4.78, 5) is 0. The largest absolute Gasteiger partial charge is 0.456 e. The second kappa shape index (κ2) is 6.33. The topological polar surface area (TPSA) is 56.8 Å². The van der Waals surface area contributed by atoms with Gasteiger partial charge in [-0.2, -0.15) is 10.5 Å². The van der Waals surface area contributed by atoms with E-state index in [1.54, 1.807) is 18.2 Å². The lowest BCUT2D eigenvalue weighted by molar-refractivity contribution is 0.476. The fraction of sp³-hybridized carbons (Fsp3) is 0.263. The van der Waals surface area contributed by atoms with E-state index in [1.165, 1.54) is 5.56 Å². The Morgan fingerprint density at radius 2 is 1.68 bits per heavy atom. The average molecular weight is 290 g/mol. The van der Waals surface area contributed by atoms with Gasteiger partial charge in [0.1, 0.15) is 29.2 Å². The van der Waals surface area contributed by atoms with Gasteiger partial charge in [-0.1, -0.05) is 39.0 Å². The SMILES string of the molecule is CCC(C)(C)c1ccc(Oc2cccc(C#N)c2C#N)cc1. The Morgan fingerprint density at radius 3 is 2.23 bits per heavy atom. The van der Waals surface area contributed by atoms with E-state index in [2.05, 4.69) is 20.8 Å². The maximum Gasteiger partial charge on any atom is 0.146 e. The van der Waals surface area contributed by atoms with Gasteiger partial charge < -0.3 is 4.74 Å². The van der Waals surface area contributed by atoms with Gasteiger partial charge in [0.2, 0.25) is 0 Å². The van der Waals surface area contributed by atoms with Crippen LogP contribution in [-0.4, -0.2) is 0 Å². The first-order valence-corrected chi connectivity index (χ1v) is 7.23. The molecule has 0 saturated heterocycles. The van der Waals surface area contributed by atoms with Crippen molar-refractivity contribution in [1.82, 2.24) is 0 Å². The van der Waals surface area contributed by atoms with Crippen molar-refractivity contribution in [3.8, 4) is 23.6 Å². The molecule has 0 fully saturated rings. The van der Waals surface area contributed by atoms with Crippen LogP contribution in [0.25, 0.3) is 0 Å². The molecule has 0 bridgehead atoms. The van der Waals surface area contributed by atoms with Crippen LogP contribution in [0.4, 0.5) is 0 Å². The summed E-state index contributed by atoms with van der Waals surface area (Å²) in [6.07, 6.45) is 1.05. The molecule has 0 saturated carbocycles. The summed E-state index contributed by atoms with van der Waals surface area (Å²) in [5.74, 6) is 1.06. The summed E-state index contributed by atoms with van der Waals surface area (Å²) in [6, 6.07) is 16.9. The summed E-state index contributed by atoms with van der Waals surface area (Å²) >= 11 is 0. The van der Waals surface area contributed by atoms with Gasteiger partial charge >= 0.3 is 0 Å². The van der Waals surface area contributed by atoms with E-state index in [4.69, 9.17) is 10.00 Å². The van der Waals surface area contributed by atoms with Crippen molar-refractivity contribution >= 4 is 0 Å². The van der Waals surface area contributed by atoms with E-state index >= 15 is 0 Å². The Labute approximate surface area is 131 Å². The quantitative estimate of drug-likeness (QED) is 0.803. The monoisotopic (exact) mass is 290 g/mol. The maximum absolute atomic E-state index is 9.21. The number of nitrogens with zero attached hydrogens (tertiary/aromatic N) is 2. The van der Waals surface area contributed by atoms with Gasteiger partial charge in [0.15, 0.2) is 0 Å². The lowest BCUT2D eigenvalue weighted by Crippen LogP contribution is -2.14. The molecule has 0 unspecified atom stereocenters. The summed E-state index contributed by atoms with van der Waals surface area (Å²) in [5, 5.41) is 18.2. The summed E-state index contributed by atoms with van der Waals surface area (Å²) < 4.78 is 5.77. The highest BCUT2D eigenvalue weighted by Gasteiger charge is 2.18. The number of nitriles is 2. The van der Waals surface area contributed by atoms with Crippen LogP contribution < -0.4 is 4.74 Å². The highest BCUT2D eigenvalue weighted by atomic mass is 16.5. The highest BCUT2D eigenvalue weighted by molar-refractivity contribution is 5.55. The van der Waals surface area contributed by atoms with E-state index in [1.807, 2.05) is 36.4 Å². The van der Waals surface area contributed by atoms with Crippen molar-refractivity contribution < 1.29 is 4.74 Å². The molecule has 3 heteroatoms. The Balaban J connectivity index is 2.30. The molecule has 0 amide bonds. The van der Waals surface area contributed by atoms with Gasteiger partial charge in [-0.05, 0) is 41.7 Å². The van der Waals surface area contributed by atoms with Crippen LogP contribution in [0, 0.1) is 22.7 Å². The zero-order valence-corrected chi connectivity index (χ0v) is 13.1. The lowest BCUT2D eigenvalue weighted by atomic mass is 9.82. The molecule has 2 aromatic rings. The molecule has 2 aromatic carbocycles. The van der Waals surface area contributed by atoms with E-state index in [0.717, 1.165) is 6.42 Å². The van der Waals surface area contributed by atoms with Crippen molar-refractivity contribution in [1.29, 1.82) is 10.5 Å². The van der Waals surface area contributed by atoms with Crippen LogP contribution in [-0.2, 0) is 5.41 Å². The van der Waals surface area contributed by atoms with Crippen molar-refractivity contribution in [2.45, 2.75) is 32.6 Å². The molecular weight excluding hydrogens is 272 g/mol. The number of rotatable bonds is 4. The van der Waals surface area contributed by atoms with E-state index in [0.29, 0.717) is 17.1 Å². The third-order valence-electron chi connectivity index (χ3n) is 4.01. The summed E-state index contributed by atoms with van der Waals surface area (Å²) in [6.45, 7) is 6.57. The zero-order chi connectivity index (χ0) is 16.2. The Morgan fingerprint density at radius 1 is 1.00 bits per heavy atom. The van der Waals surface area contributed by atoms with Gasteiger partial charge in [-0.15, -0.1) is 0 Å². The van der Waals surface area contributed by atoms with E-state index < -0.39 is 0 Å². The first-order valence-electron chi connectivity index (χ1n) is 7.23. The third kappa shape index (κ3) is 3.10. The van der Waals surface area contributed by atoms with Crippen molar-refractivity contribution in [3.05, 3.63) is 59.2 Å². The minimum absolute atomic E-state index is 0.122. The Bertz CT molecular complexity index is 746. The minimum atomic E-state index is 0.122. The van der Waals surface area contributed by atoms with Crippen molar-refractivity contribution in [3.63, 3.8) is 0 Å². The highest BCUT2D eigenvalue weighted by Crippen LogP contribution is 2.31. The molecule has 0 heterocycles. The molecule has 0 spiro atoms. The molecular formula is C19H18N2O. The number of hydrogen-bond acceptors (Lipinski definition) is 3. The van der Waals surface area contributed by atoms with Crippen LogP contribution in [0.15, 0.2) is 42.5 Å². The minimum Gasteiger partial charge on any atom is -0.456 e. The van der Waals surface area contributed by atoms with Gasteiger partial charge in [-0.3, -0.25) is 0 Å². The first kappa shape index (κ1) is 15.6. The predicted molar refractivity (Wildman–Crippen MR) is 85.7 cm³/mol. The van der Waals surface area contributed by atoms with Gasteiger partial charge in [-0.25, -0.2) is 0 Å². The molecule has 0 atom stereocenters. The first-order chi connectivity index (χ1) is 10.5. The lowest BCUT2D eigenvalue weighted by Gasteiger charge is -2.23. The average Bonchev–Trinajstić information content (AvgIpc) is 2.55. The van der Waals surface area contributed by atoms with Crippen molar-refractivity contribution in [2.75, 3.05) is 0 Å². The molecule has 0 radical (unpaired) electrons. The molecule has 2 rings (SSSR count). The second-order valence-electron chi connectivity index (χ2n) is 5.77. The van der Waals surface area contributed by atoms with Gasteiger partial charge in [0.25, 0.3) is 0 Å². The third-order valence-corrected chi connectivity index (χ3v) is 4.01. The molecule has 0 aliphatic carbocycles. The summed E-state index contributed by atoms with van der Waals surface area (Å²) in [7, 11) is 0. The van der Waals surface area contributed by atoms with Gasteiger partial charge in [0.05, 0.1) is 5.56 Å². The second-order valence-corrected chi connectivity index (χ2v) is 5.77. The van der Waals surface area contributed by atoms with Crippen LogP contribution in [0.1, 0.15) is 43.9 Å². The maximum atomic E-state index is 9.21. The molecule has 3 nitrogen and oxygen atoms in total. The molecule has 0 aliphatic heterocycles. The van der Waals surface area contributed by atoms with Gasteiger partial charge in [0, 0.05) is 0 Å². The van der Waals surface area contributed by atoms with Crippen LogP contribution in [0.2, 0.25) is 0 Å². The molecule has 22 heavy (non-hydrogen) atoms. The number of benzene rings is 2. The van der Waals surface area contributed by atoms with E-state index in [-0.39, 0.29) is 11.0 Å². The standard InChI is InChI=1S/C19H18N2O/c1-4-19(2,3)15-8-10-16(11-9-15)22-18-7-5-6-14(12-20)17(18)13-21/h5-11H,4H2,1-3H3.